The lowest BCUT2D eigenvalue weighted by molar-refractivity contribution is 0.538. The predicted octanol–water partition coefficient (Wildman–Crippen LogP) is 7.75. The number of thioether (sulfide) groups is 1. The molecule has 0 saturated heterocycles. The summed E-state index contributed by atoms with van der Waals surface area (Å²) in [7, 11) is 0. The minimum Gasteiger partial charge on any atom is -0.262 e. The SMILES string of the molecule is CCCCCCCCCCCCCCCCSc1ccncc1NN=O. The Morgan fingerprint density at radius 1 is 0.885 bits per heavy atom. The van der Waals surface area contributed by atoms with Crippen LogP contribution in [0.5, 0.6) is 0 Å². The second-order valence-electron chi connectivity index (χ2n) is 7.02. The van der Waals surface area contributed by atoms with Crippen molar-refractivity contribution in [3.8, 4) is 0 Å². The first-order valence-corrected chi connectivity index (χ1v) is 11.5. The third-order valence-electron chi connectivity index (χ3n) is 4.70. The summed E-state index contributed by atoms with van der Waals surface area (Å²) in [6.07, 6.45) is 22.8. The molecule has 148 valence electrons. The molecule has 0 aliphatic heterocycles. The molecule has 26 heavy (non-hydrogen) atoms. The minimum absolute atomic E-state index is 0.706. The average molecular weight is 380 g/mol. The number of pyridine rings is 1. The molecule has 0 bridgehead atoms. The molecule has 1 heterocycles. The Hall–Kier alpha value is -1.10. The molecule has 5 heteroatoms. The highest BCUT2D eigenvalue weighted by atomic mass is 32.2. The van der Waals surface area contributed by atoms with Gasteiger partial charge in [-0.3, -0.25) is 4.98 Å². The van der Waals surface area contributed by atoms with Gasteiger partial charge >= 0.3 is 0 Å². The lowest BCUT2D eigenvalue weighted by Crippen LogP contribution is -1.91. The van der Waals surface area contributed by atoms with E-state index in [2.05, 4.69) is 22.6 Å². The fourth-order valence-corrected chi connectivity index (χ4v) is 4.10. The molecule has 0 spiro atoms. The van der Waals surface area contributed by atoms with Crippen molar-refractivity contribution in [2.75, 3.05) is 11.2 Å². The smallest absolute Gasteiger partial charge is 0.0913 e. The number of nitrogens with zero attached hydrogens (tertiary/aromatic N) is 2. The summed E-state index contributed by atoms with van der Waals surface area (Å²) in [6.45, 7) is 2.28. The van der Waals surface area contributed by atoms with Crippen molar-refractivity contribution in [3.05, 3.63) is 23.4 Å². The number of anilines is 1. The second kappa shape index (κ2) is 17.3. The van der Waals surface area contributed by atoms with Crippen LogP contribution in [0.4, 0.5) is 5.69 Å². The number of unbranched alkanes of at least 4 members (excludes halogenated alkanes) is 13. The molecule has 0 aliphatic carbocycles. The molecule has 0 aliphatic rings. The Bertz CT molecular complexity index is 457. The van der Waals surface area contributed by atoms with Crippen LogP contribution in [0.1, 0.15) is 96.8 Å². The van der Waals surface area contributed by atoms with Gasteiger partial charge in [0.1, 0.15) is 0 Å². The van der Waals surface area contributed by atoms with E-state index in [-0.39, 0.29) is 0 Å². The van der Waals surface area contributed by atoms with Gasteiger partial charge in [-0.05, 0) is 18.2 Å². The second-order valence-corrected chi connectivity index (χ2v) is 8.16. The lowest BCUT2D eigenvalue weighted by atomic mass is 10.0. The van der Waals surface area contributed by atoms with Gasteiger partial charge in [0.25, 0.3) is 0 Å². The predicted molar refractivity (Wildman–Crippen MR) is 115 cm³/mol. The molecule has 0 saturated carbocycles. The van der Waals surface area contributed by atoms with Gasteiger partial charge in [-0.2, -0.15) is 0 Å². The monoisotopic (exact) mass is 379 g/mol. The molecule has 1 aromatic heterocycles. The number of nitroso groups, excluding NO2 is 1. The van der Waals surface area contributed by atoms with Crippen LogP contribution in [0, 0.1) is 4.91 Å². The molecule has 0 atom stereocenters. The maximum absolute atomic E-state index is 10.3. The average Bonchev–Trinajstić information content (AvgIpc) is 2.66. The quantitative estimate of drug-likeness (QED) is 0.123. The van der Waals surface area contributed by atoms with Crippen LogP contribution in [0.25, 0.3) is 0 Å². The fourth-order valence-electron chi connectivity index (χ4n) is 3.12. The van der Waals surface area contributed by atoms with Gasteiger partial charge in [-0.15, -0.1) is 16.7 Å². The summed E-state index contributed by atoms with van der Waals surface area (Å²) in [5.41, 5.74) is 3.17. The summed E-state index contributed by atoms with van der Waals surface area (Å²) >= 11 is 1.77. The zero-order valence-corrected chi connectivity index (χ0v) is 17.4. The normalized spacial score (nSPS) is 10.8. The van der Waals surface area contributed by atoms with Crippen LogP contribution in [0.3, 0.4) is 0 Å². The van der Waals surface area contributed by atoms with Gasteiger partial charge in [-0.25, -0.2) is 5.43 Å². The van der Waals surface area contributed by atoms with E-state index in [1.807, 2.05) is 6.07 Å². The number of aromatic nitrogens is 1. The first-order chi connectivity index (χ1) is 12.9. The summed E-state index contributed by atoms with van der Waals surface area (Å²) in [5, 5.41) is 2.73. The van der Waals surface area contributed by atoms with Crippen LogP contribution < -0.4 is 5.43 Å². The van der Waals surface area contributed by atoms with Gasteiger partial charge in [0.05, 0.1) is 17.2 Å². The van der Waals surface area contributed by atoms with Gasteiger partial charge < -0.3 is 0 Å². The van der Waals surface area contributed by atoms with E-state index in [9.17, 15) is 4.91 Å². The number of rotatable bonds is 18. The molecule has 0 radical (unpaired) electrons. The molecular weight excluding hydrogens is 342 g/mol. The topological polar surface area (TPSA) is 54.4 Å². The molecule has 1 rings (SSSR count). The maximum Gasteiger partial charge on any atom is 0.0913 e. The van der Waals surface area contributed by atoms with Crippen LogP contribution in [0.2, 0.25) is 0 Å². The van der Waals surface area contributed by atoms with E-state index in [4.69, 9.17) is 0 Å². The molecular formula is C21H37N3OS. The Balaban J connectivity index is 1.86. The summed E-state index contributed by atoms with van der Waals surface area (Å²) in [4.78, 5) is 15.4. The molecule has 1 N–H and O–H groups in total. The van der Waals surface area contributed by atoms with Crippen molar-refractivity contribution < 1.29 is 0 Å². The van der Waals surface area contributed by atoms with Crippen molar-refractivity contribution in [2.45, 2.75) is 102 Å². The van der Waals surface area contributed by atoms with Gasteiger partial charge in [-0.1, -0.05) is 90.4 Å². The van der Waals surface area contributed by atoms with Crippen LogP contribution in [-0.2, 0) is 0 Å². The van der Waals surface area contributed by atoms with E-state index in [0.717, 1.165) is 10.6 Å². The van der Waals surface area contributed by atoms with Crippen LogP contribution >= 0.6 is 11.8 Å². The van der Waals surface area contributed by atoms with Gasteiger partial charge in [0.15, 0.2) is 0 Å². The third-order valence-corrected chi connectivity index (χ3v) is 5.86. The zero-order chi connectivity index (χ0) is 18.7. The first kappa shape index (κ1) is 22.9. The Labute approximate surface area is 164 Å². The summed E-state index contributed by atoms with van der Waals surface area (Å²) < 4.78 is 0. The van der Waals surface area contributed by atoms with E-state index >= 15 is 0 Å². The van der Waals surface area contributed by atoms with Crippen LogP contribution in [0.15, 0.2) is 28.6 Å². The molecule has 0 amide bonds. The van der Waals surface area contributed by atoms with Crippen molar-refractivity contribution in [2.24, 2.45) is 5.29 Å². The number of nitrogens with one attached hydrogen (secondary N) is 1. The van der Waals surface area contributed by atoms with Gasteiger partial charge in [0.2, 0.25) is 0 Å². The maximum atomic E-state index is 10.3. The Kier molecular flexibility index (Phi) is 15.3. The molecule has 0 aromatic carbocycles. The van der Waals surface area contributed by atoms with E-state index in [0.29, 0.717) is 5.69 Å². The first-order valence-electron chi connectivity index (χ1n) is 10.5. The van der Waals surface area contributed by atoms with Crippen LogP contribution in [-0.4, -0.2) is 10.7 Å². The molecule has 0 fully saturated rings. The van der Waals surface area contributed by atoms with Crippen molar-refractivity contribution >= 4 is 17.4 Å². The standard InChI is InChI=1S/C21H37N3OS/c1-2-3-4-5-6-7-8-9-10-11-12-13-14-15-18-26-21-16-17-22-19-20(21)23-24-25/h16-17,19H,2-15,18H2,1H3,(H,23,25). The van der Waals surface area contributed by atoms with E-state index in [1.165, 1.54) is 89.9 Å². The molecule has 1 aromatic rings. The van der Waals surface area contributed by atoms with Gasteiger partial charge in [0, 0.05) is 11.1 Å². The Morgan fingerprint density at radius 3 is 1.96 bits per heavy atom. The summed E-state index contributed by atoms with van der Waals surface area (Å²) in [6, 6.07) is 1.93. The fraction of sp³-hybridized carbons (Fsp3) is 0.762. The van der Waals surface area contributed by atoms with E-state index in [1.54, 1.807) is 24.2 Å². The highest BCUT2D eigenvalue weighted by Gasteiger charge is 2.02. The highest BCUT2D eigenvalue weighted by Crippen LogP contribution is 2.27. The van der Waals surface area contributed by atoms with Crippen molar-refractivity contribution in [1.29, 1.82) is 0 Å². The van der Waals surface area contributed by atoms with E-state index < -0.39 is 0 Å². The Morgan fingerprint density at radius 2 is 1.42 bits per heavy atom. The largest absolute Gasteiger partial charge is 0.262 e. The highest BCUT2D eigenvalue weighted by molar-refractivity contribution is 7.99. The van der Waals surface area contributed by atoms with Crippen molar-refractivity contribution in [1.82, 2.24) is 4.98 Å². The molecule has 0 unspecified atom stereocenters. The number of hydrogen-bond acceptors (Lipinski definition) is 4. The lowest BCUT2D eigenvalue weighted by Gasteiger charge is -2.06. The molecule has 4 nitrogen and oxygen atoms in total. The minimum atomic E-state index is 0.706. The van der Waals surface area contributed by atoms with Crippen molar-refractivity contribution in [3.63, 3.8) is 0 Å². The zero-order valence-electron chi connectivity index (χ0n) is 16.5. The summed E-state index contributed by atoms with van der Waals surface area (Å²) in [5.74, 6) is 1.08. The third kappa shape index (κ3) is 12.3. The number of hydrogen-bond donors (Lipinski definition) is 1.